The van der Waals surface area contributed by atoms with Gasteiger partial charge in [-0.05, 0) is 43.0 Å². The number of nitrogens with one attached hydrogen (secondary N) is 1. The van der Waals surface area contributed by atoms with Gasteiger partial charge in [-0.15, -0.1) is 0 Å². The van der Waals surface area contributed by atoms with Crippen LogP contribution in [-0.4, -0.2) is 19.3 Å². The second kappa shape index (κ2) is 6.47. The minimum Gasteiger partial charge on any atom is -0.377 e. The summed E-state index contributed by atoms with van der Waals surface area (Å²) < 4.78 is 19.6. The van der Waals surface area contributed by atoms with Crippen molar-refractivity contribution in [2.45, 2.75) is 31.9 Å². The summed E-state index contributed by atoms with van der Waals surface area (Å²) in [7, 11) is 0. The lowest BCUT2D eigenvalue weighted by Gasteiger charge is -2.22. The summed E-state index contributed by atoms with van der Waals surface area (Å²) in [5, 5.41) is 3.32. The summed E-state index contributed by atoms with van der Waals surface area (Å²) in [4.78, 5) is 0. The van der Waals surface area contributed by atoms with E-state index in [1.54, 1.807) is 12.1 Å². The van der Waals surface area contributed by atoms with Crippen LogP contribution in [0, 0.1) is 5.82 Å². The molecule has 0 aliphatic carbocycles. The molecule has 0 bridgehead atoms. The highest BCUT2D eigenvalue weighted by Gasteiger charge is 2.13. The first-order chi connectivity index (χ1) is 8.25. The molecule has 94 valence electrons. The fourth-order valence-corrected chi connectivity index (χ4v) is 2.40. The van der Waals surface area contributed by atoms with Crippen LogP contribution >= 0.6 is 15.9 Å². The van der Waals surface area contributed by atoms with Gasteiger partial charge in [-0.1, -0.05) is 15.9 Å². The topological polar surface area (TPSA) is 21.3 Å². The van der Waals surface area contributed by atoms with Crippen molar-refractivity contribution in [3.63, 3.8) is 0 Å². The van der Waals surface area contributed by atoms with Crippen LogP contribution in [0.25, 0.3) is 0 Å². The van der Waals surface area contributed by atoms with Crippen molar-refractivity contribution in [2.75, 3.05) is 13.2 Å². The summed E-state index contributed by atoms with van der Waals surface area (Å²) in [5.41, 5.74) is 0.945. The normalized spacial score (nSPS) is 20.5. The van der Waals surface area contributed by atoms with E-state index in [-0.39, 0.29) is 5.82 Å². The number of rotatable bonds is 4. The summed E-state index contributed by atoms with van der Waals surface area (Å²) >= 11 is 3.42. The Balaban J connectivity index is 1.79. The molecule has 0 spiro atoms. The second-order valence-corrected chi connectivity index (χ2v) is 5.21. The predicted molar refractivity (Wildman–Crippen MR) is 69.4 cm³/mol. The van der Waals surface area contributed by atoms with E-state index in [9.17, 15) is 4.39 Å². The molecule has 2 rings (SSSR count). The second-order valence-electron chi connectivity index (χ2n) is 4.36. The Morgan fingerprint density at radius 1 is 1.41 bits per heavy atom. The largest absolute Gasteiger partial charge is 0.377 e. The molecule has 1 aliphatic rings. The van der Waals surface area contributed by atoms with Crippen molar-refractivity contribution in [3.8, 4) is 0 Å². The van der Waals surface area contributed by atoms with Crippen molar-refractivity contribution in [3.05, 3.63) is 34.1 Å². The Morgan fingerprint density at radius 3 is 3.06 bits per heavy atom. The van der Waals surface area contributed by atoms with E-state index in [1.165, 1.54) is 18.9 Å². The molecule has 1 heterocycles. The van der Waals surface area contributed by atoms with E-state index >= 15 is 0 Å². The van der Waals surface area contributed by atoms with Gasteiger partial charge in [-0.3, -0.25) is 0 Å². The number of benzene rings is 1. The molecular weight excluding hydrogens is 285 g/mol. The highest BCUT2D eigenvalue weighted by Crippen LogP contribution is 2.18. The summed E-state index contributed by atoms with van der Waals surface area (Å²) in [5.74, 6) is -0.195. The van der Waals surface area contributed by atoms with Crippen molar-refractivity contribution in [1.29, 1.82) is 0 Å². The fraction of sp³-hybridized carbons (Fsp3) is 0.538. The van der Waals surface area contributed by atoms with Gasteiger partial charge in [0.05, 0.1) is 6.10 Å². The maximum atomic E-state index is 13.1. The lowest BCUT2D eigenvalue weighted by molar-refractivity contribution is 0.0168. The van der Waals surface area contributed by atoms with Crippen LogP contribution < -0.4 is 5.32 Å². The first-order valence-corrected chi connectivity index (χ1v) is 6.81. The Morgan fingerprint density at radius 2 is 2.29 bits per heavy atom. The lowest BCUT2D eigenvalue weighted by Crippen LogP contribution is -2.31. The van der Waals surface area contributed by atoms with Gasteiger partial charge in [0.2, 0.25) is 0 Å². The van der Waals surface area contributed by atoms with Gasteiger partial charge in [-0.2, -0.15) is 0 Å². The van der Waals surface area contributed by atoms with Gasteiger partial charge in [0, 0.05) is 24.2 Å². The van der Waals surface area contributed by atoms with Crippen LogP contribution in [0.5, 0.6) is 0 Å². The molecule has 1 saturated heterocycles. The van der Waals surface area contributed by atoms with E-state index in [0.29, 0.717) is 12.6 Å². The Labute approximate surface area is 110 Å². The highest BCUT2D eigenvalue weighted by atomic mass is 79.9. The minimum atomic E-state index is -0.195. The smallest absolute Gasteiger partial charge is 0.123 e. The third-order valence-electron chi connectivity index (χ3n) is 2.97. The molecule has 0 radical (unpaired) electrons. The van der Waals surface area contributed by atoms with Crippen molar-refractivity contribution in [2.24, 2.45) is 0 Å². The van der Waals surface area contributed by atoms with Gasteiger partial charge in [0.15, 0.2) is 0 Å². The van der Waals surface area contributed by atoms with E-state index in [4.69, 9.17) is 4.74 Å². The van der Waals surface area contributed by atoms with Gasteiger partial charge < -0.3 is 10.1 Å². The zero-order chi connectivity index (χ0) is 12.1. The SMILES string of the molecule is Fc1ccc(Br)c(CNCC2CCCCO2)c1. The van der Waals surface area contributed by atoms with Gasteiger partial charge in [-0.25, -0.2) is 4.39 Å². The van der Waals surface area contributed by atoms with Crippen LogP contribution in [0.4, 0.5) is 4.39 Å². The molecule has 0 amide bonds. The number of hydrogen-bond donors (Lipinski definition) is 1. The predicted octanol–water partition coefficient (Wildman–Crippen LogP) is 3.25. The fourth-order valence-electron chi connectivity index (χ4n) is 2.01. The Bertz CT molecular complexity index is 366. The molecular formula is C13H17BrFNO. The maximum absolute atomic E-state index is 13.1. The first-order valence-electron chi connectivity index (χ1n) is 6.02. The number of ether oxygens (including phenoxy) is 1. The quantitative estimate of drug-likeness (QED) is 0.922. The third kappa shape index (κ3) is 4.05. The monoisotopic (exact) mass is 301 g/mol. The summed E-state index contributed by atoms with van der Waals surface area (Å²) in [6.07, 6.45) is 3.86. The first kappa shape index (κ1) is 13.0. The molecule has 0 aromatic heterocycles. The van der Waals surface area contributed by atoms with E-state index in [0.717, 1.165) is 29.6 Å². The molecule has 1 unspecified atom stereocenters. The molecule has 1 aromatic carbocycles. The molecule has 1 fully saturated rings. The molecule has 0 saturated carbocycles. The number of hydrogen-bond acceptors (Lipinski definition) is 2. The van der Waals surface area contributed by atoms with Crippen LogP contribution in [-0.2, 0) is 11.3 Å². The lowest BCUT2D eigenvalue weighted by atomic mass is 10.1. The molecule has 1 atom stereocenters. The molecule has 1 aliphatic heterocycles. The van der Waals surface area contributed by atoms with Gasteiger partial charge in [0.1, 0.15) is 5.82 Å². The zero-order valence-corrected chi connectivity index (χ0v) is 11.3. The summed E-state index contributed by atoms with van der Waals surface area (Å²) in [6, 6.07) is 4.75. The van der Waals surface area contributed by atoms with Crippen molar-refractivity contribution in [1.82, 2.24) is 5.32 Å². The highest BCUT2D eigenvalue weighted by molar-refractivity contribution is 9.10. The van der Waals surface area contributed by atoms with Crippen LogP contribution in [0.2, 0.25) is 0 Å². The molecule has 1 N–H and O–H groups in total. The standard InChI is InChI=1S/C13H17BrFNO/c14-13-5-4-11(15)7-10(13)8-16-9-12-3-1-2-6-17-12/h4-5,7,12,16H,1-3,6,8-9H2. The molecule has 1 aromatic rings. The van der Waals surface area contributed by atoms with Gasteiger partial charge >= 0.3 is 0 Å². The zero-order valence-electron chi connectivity index (χ0n) is 9.72. The van der Waals surface area contributed by atoms with Crippen LogP contribution in [0.3, 0.4) is 0 Å². The minimum absolute atomic E-state index is 0.195. The van der Waals surface area contributed by atoms with Gasteiger partial charge in [0.25, 0.3) is 0 Å². The van der Waals surface area contributed by atoms with E-state index < -0.39 is 0 Å². The van der Waals surface area contributed by atoms with Crippen molar-refractivity contribution >= 4 is 15.9 Å². The molecule has 17 heavy (non-hydrogen) atoms. The Kier molecular flexibility index (Phi) is 4.95. The Hall–Kier alpha value is -0.450. The molecule has 4 heteroatoms. The average Bonchev–Trinajstić information content (AvgIpc) is 2.35. The number of halogens is 2. The average molecular weight is 302 g/mol. The van der Waals surface area contributed by atoms with E-state index in [2.05, 4.69) is 21.2 Å². The van der Waals surface area contributed by atoms with E-state index in [1.807, 2.05) is 0 Å². The maximum Gasteiger partial charge on any atom is 0.123 e. The van der Waals surface area contributed by atoms with Crippen molar-refractivity contribution < 1.29 is 9.13 Å². The third-order valence-corrected chi connectivity index (χ3v) is 3.74. The summed E-state index contributed by atoms with van der Waals surface area (Å²) in [6.45, 7) is 2.37. The molecule has 2 nitrogen and oxygen atoms in total. The van der Waals surface area contributed by atoms with Crippen LogP contribution in [0.15, 0.2) is 22.7 Å². The van der Waals surface area contributed by atoms with Crippen LogP contribution in [0.1, 0.15) is 24.8 Å².